The minimum atomic E-state index is -1.14. The van der Waals surface area contributed by atoms with Gasteiger partial charge in [0.2, 0.25) is 0 Å². The lowest BCUT2D eigenvalue weighted by Crippen LogP contribution is -2.53. The van der Waals surface area contributed by atoms with Crippen molar-refractivity contribution in [2.75, 3.05) is 37.6 Å². The van der Waals surface area contributed by atoms with E-state index in [0.29, 0.717) is 44.6 Å². The summed E-state index contributed by atoms with van der Waals surface area (Å²) in [5.74, 6) is -0.199. The summed E-state index contributed by atoms with van der Waals surface area (Å²) in [6.45, 7) is 9.61. The van der Waals surface area contributed by atoms with Crippen LogP contribution in [0.5, 0.6) is 0 Å². The van der Waals surface area contributed by atoms with Gasteiger partial charge < -0.3 is 24.8 Å². The number of piperazine rings is 1. The fraction of sp³-hybridized carbons (Fsp3) is 0.407. The molecule has 2 aliphatic heterocycles. The number of hydrogen-bond donors (Lipinski definition) is 2. The third-order valence-electron chi connectivity index (χ3n) is 7.24. The van der Waals surface area contributed by atoms with E-state index < -0.39 is 5.60 Å². The van der Waals surface area contributed by atoms with Gasteiger partial charge in [-0.3, -0.25) is 9.59 Å². The molecule has 1 aromatic heterocycles. The second-order valence-electron chi connectivity index (χ2n) is 9.45. The highest BCUT2D eigenvalue weighted by Crippen LogP contribution is 2.37. The topological polar surface area (TPSA) is 79.9 Å². The summed E-state index contributed by atoms with van der Waals surface area (Å²) < 4.78 is 0. The molecule has 2 amide bonds. The summed E-state index contributed by atoms with van der Waals surface area (Å²) in [4.78, 5) is 34.7. The predicted octanol–water partition coefficient (Wildman–Crippen LogP) is 3.06. The van der Waals surface area contributed by atoms with Crippen LogP contribution in [0, 0.1) is 0 Å². The van der Waals surface area contributed by atoms with Crippen LogP contribution in [0.1, 0.15) is 52.6 Å². The highest BCUT2D eigenvalue weighted by atomic mass is 16.3. The number of carbonyl (C=O) groups is 2. The van der Waals surface area contributed by atoms with Crippen LogP contribution in [-0.4, -0.2) is 70.0 Å². The maximum atomic E-state index is 13.0. The minimum Gasteiger partial charge on any atom is -0.380 e. The molecular formula is C27H32N4O3. The van der Waals surface area contributed by atoms with Gasteiger partial charge in [0.25, 0.3) is 11.8 Å². The third-order valence-corrected chi connectivity index (χ3v) is 7.24. The molecule has 178 valence electrons. The van der Waals surface area contributed by atoms with Gasteiger partial charge in [0.1, 0.15) is 5.60 Å². The molecule has 0 bridgehead atoms. The standard InChI is InChI=1S/C27H32N4O3/c1-3-5-21-22-18-31(13-10-24(22)28-23(21)4-2)20-8-6-19(7-9-20)25(32)29-14-16-30(17-15-29)26(33)27(34)11-12-27/h3-9,28,34H,2,10-18H2,1H3/b5-3-. The van der Waals surface area contributed by atoms with Gasteiger partial charge in [0.05, 0.1) is 0 Å². The van der Waals surface area contributed by atoms with Gasteiger partial charge in [0, 0.05) is 73.9 Å². The SMILES string of the molecule is C=Cc1[nH]c2c(c1/C=C\C)CN(c1ccc(C(=O)N3CCN(C(=O)C4(O)CC4)CC3)cc1)CC2. The van der Waals surface area contributed by atoms with Crippen molar-refractivity contribution in [3.05, 3.63) is 65.0 Å². The largest absolute Gasteiger partial charge is 0.380 e. The summed E-state index contributed by atoms with van der Waals surface area (Å²) in [5.41, 5.74) is 5.48. The molecular weight excluding hydrogens is 428 g/mol. The Morgan fingerprint density at radius 1 is 1.06 bits per heavy atom. The van der Waals surface area contributed by atoms with Gasteiger partial charge in [-0.2, -0.15) is 0 Å². The first-order valence-electron chi connectivity index (χ1n) is 12.1. The summed E-state index contributed by atoms with van der Waals surface area (Å²) in [7, 11) is 0. The Morgan fingerprint density at radius 2 is 1.74 bits per heavy atom. The van der Waals surface area contributed by atoms with Gasteiger partial charge in [-0.05, 0) is 55.7 Å². The van der Waals surface area contributed by atoms with E-state index in [0.717, 1.165) is 30.9 Å². The van der Waals surface area contributed by atoms with E-state index in [1.54, 1.807) is 9.80 Å². The molecule has 0 radical (unpaired) electrons. The zero-order valence-corrected chi connectivity index (χ0v) is 19.7. The number of aliphatic hydroxyl groups is 1. The number of hydrogen-bond acceptors (Lipinski definition) is 4. The molecule has 2 N–H and O–H groups in total. The maximum Gasteiger partial charge on any atom is 0.254 e. The van der Waals surface area contributed by atoms with Crippen molar-refractivity contribution in [2.24, 2.45) is 0 Å². The van der Waals surface area contributed by atoms with Crippen LogP contribution >= 0.6 is 0 Å². The molecule has 5 rings (SSSR count). The lowest BCUT2D eigenvalue weighted by atomic mass is 10.0. The Morgan fingerprint density at radius 3 is 2.35 bits per heavy atom. The molecule has 7 heteroatoms. The number of allylic oxidation sites excluding steroid dienone is 1. The molecule has 0 atom stereocenters. The number of nitrogens with one attached hydrogen (secondary N) is 1. The summed E-state index contributed by atoms with van der Waals surface area (Å²) in [6, 6.07) is 7.85. The van der Waals surface area contributed by atoms with Crippen LogP contribution < -0.4 is 4.90 Å². The number of aromatic nitrogens is 1. The average molecular weight is 461 g/mol. The minimum absolute atomic E-state index is 0.0126. The van der Waals surface area contributed by atoms with Crippen molar-refractivity contribution in [1.82, 2.24) is 14.8 Å². The Labute approximate surface area is 200 Å². The Kier molecular flexibility index (Phi) is 5.81. The van der Waals surface area contributed by atoms with Crippen LogP contribution in [0.4, 0.5) is 5.69 Å². The molecule has 7 nitrogen and oxygen atoms in total. The smallest absolute Gasteiger partial charge is 0.254 e. The fourth-order valence-electron chi connectivity index (χ4n) is 5.02. The molecule has 1 saturated heterocycles. The van der Waals surface area contributed by atoms with E-state index in [2.05, 4.69) is 28.6 Å². The first kappa shape index (κ1) is 22.5. The Hall–Kier alpha value is -3.32. The molecule has 3 heterocycles. The van der Waals surface area contributed by atoms with Crippen LogP contribution in [0.2, 0.25) is 0 Å². The van der Waals surface area contributed by atoms with Gasteiger partial charge in [-0.15, -0.1) is 0 Å². The Bertz CT molecular complexity index is 1140. The monoisotopic (exact) mass is 460 g/mol. The van der Waals surface area contributed by atoms with Gasteiger partial charge in [-0.25, -0.2) is 0 Å². The maximum absolute atomic E-state index is 13.0. The molecule has 34 heavy (non-hydrogen) atoms. The highest BCUT2D eigenvalue weighted by molar-refractivity contribution is 5.95. The highest BCUT2D eigenvalue weighted by Gasteiger charge is 2.50. The zero-order chi connectivity index (χ0) is 23.9. The lowest BCUT2D eigenvalue weighted by Gasteiger charge is -2.36. The molecule has 0 unspecified atom stereocenters. The number of H-pyrrole nitrogens is 1. The molecule has 2 aromatic rings. The average Bonchev–Trinajstić information content (AvgIpc) is 3.54. The fourth-order valence-corrected chi connectivity index (χ4v) is 5.02. The quantitative estimate of drug-likeness (QED) is 0.719. The second-order valence-corrected chi connectivity index (χ2v) is 9.45. The number of carbonyl (C=O) groups excluding carboxylic acids is 2. The second kappa shape index (κ2) is 8.80. The summed E-state index contributed by atoms with van der Waals surface area (Å²) in [5, 5.41) is 10.1. The molecule has 3 aliphatic rings. The van der Waals surface area contributed by atoms with Crippen molar-refractivity contribution >= 4 is 29.7 Å². The molecule has 1 aliphatic carbocycles. The number of benzene rings is 1. The number of anilines is 1. The first-order chi connectivity index (χ1) is 16.4. The van der Waals surface area contributed by atoms with Gasteiger partial charge >= 0.3 is 0 Å². The van der Waals surface area contributed by atoms with Crippen molar-refractivity contribution in [1.29, 1.82) is 0 Å². The lowest BCUT2D eigenvalue weighted by molar-refractivity contribution is -0.143. The number of aromatic amines is 1. The van der Waals surface area contributed by atoms with Crippen LogP contribution in [0.3, 0.4) is 0 Å². The molecule has 2 fully saturated rings. The summed E-state index contributed by atoms with van der Waals surface area (Å²) in [6.07, 6.45) is 8.10. The third kappa shape index (κ3) is 4.05. The van der Waals surface area contributed by atoms with E-state index >= 15 is 0 Å². The van der Waals surface area contributed by atoms with Crippen LogP contribution in [0.15, 0.2) is 36.9 Å². The summed E-state index contributed by atoms with van der Waals surface area (Å²) >= 11 is 0. The van der Waals surface area contributed by atoms with Crippen molar-refractivity contribution in [3.8, 4) is 0 Å². The van der Waals surface area contributed by atoms with E-state index in [-0.39, 0.29) is 11.8 Å². The predicted molar refractivity (Wildman–Crippen MR) is 133 cm³/mol. The molecule has 1 aromatic carbocycles. The van der Waals surface area contributed by atoms with E-state index in [1.807, 2.05) is 37.3 Å². The normalized spacial score (nSPS) is 19.3. The van der Waals surface area contributed by atoms with Gasteiger partial charge in [-0.1, -0.05) is 18.7 Å². The number of nitrogens with zero attached hydrogens (tertiary/aromatic N) is 3. The molecule has 1 saturated carbocycles. The zero-order valence-electron chi connectivity index (χ0n) is 19.7. The Balaban J connectivity index is 1.23. The van der Waals surface area contributed by atoms with Crippen molar-refractivity contribution < 1.29 is 14.7 Å². The van der Waals surface area contributed by atoms with E-state index in [4.69, 9.17) is 0 Å². The van der Waals surface area contributed by atoms with Crippen molar-refractivity contribution in [2.45, 2.75) is 38.3 Å². The van der Waals surface area contributed by atoms with E-state index in [1.165, 1.54) is 16.8 Å². The van der Waals surface area contributed by atoms with Crippen LogP contribution in [0.25, 0.3) is 12.2 Å². The number of amides is 2. The molecule has 0 spiro atoms. The number of fused-ring (bicyclic) bond motifs is 1. The van der Waals surface area contributed by atoms with Crippen LogP contribution in [-0.2, 0) is 17.8 Å². The first-order valence-corrected chi connectivity index (χ1v) is 12.1. The van der Waals surface area contributed by atoms with Crippen molar-refractivity contribution in [3.63, 3.8) is 0 Å². The van der Waals surface area contributed by atoms with Gasteiger partial charge in [0.15, 0.2) is 0 Å². The van der Waals surface area contributed by atoms with E-state index in [9.17, 15) is 14.7 Å². The number of rotatable bonds is 5.